The molecule has 2 unspecified atom stereocenters. The van der Waals surface area contributed by atoms with Gasteiger partial charge in [-0.05, 0) is 25.2 Å². The van der Waals surface area contributed by atoms with Crippen LogP contribution in [0, 0.1) is 17.8 Å². The van der Waals surface area contributed by atoms with Crippen LogP contribution in [-0.2, 0) is 14.3 Å². The van der Waals surface area contributed by atoms with Gasteiger partial charge in [-0.3, -0.25) is 9.59 Å². The van der Waals surface area contributed by atoms with Crippen LogP contribution < -0.4 is 0 Å². The predicted molar refractivity (Wildman–Crippen MR) is 58.6 cm³/mol. The summed E-state index contributed by atoms with van der Waals surface area (Å²) in [5.41, 5.74) is 0. The molecule has 16 heavy (non-hydrogen) atoms. The molecular formula is C12H19NO3. The minimum absolute atomic E-state index is 0.111. The van der Waals surface area contributed by atoms with Gasteiger partial charge in [0.05, 0.1) is 13.0 Å². The number of hydrogen-bond donors (Lipinski definition) is 0. The molecule has 0 aromatic carbocycles. The Balaban J connectivity index is 1.87. The fourth-order valence-electron chi connectivity index (χ4n) is 2.41. The fourth-order valence-corrected chi connectivity index (χ4v) is 2.41. The van der Waals surface area contributed by atoms with Crippen LogP contribution in [0.15, 0.2) is 0 Å². The maximum atomic E-state index is 12.1. The van der Waals surface area contributed by atoms with Gasteiger partial charge in [0, 0.05) is 19.0 Å². The molecule has 0 aromatic rings. The summed E-state index contributed by atoms with van der Waals surface area (Å²) in [7, 11) is 1.40. The molecule has 1 aliphatic heterocycles. The van der Waals surface area contributed by atoms with E-state index in [4.69, 9.17) is 4.74 Å². The van der Waals surface area contributed by atoms with Crippen LogP contribution in [0.3, 0.4) is 0 Å². The number of rotatable bonds is 3. The van der Waals surface area contributed by atoms with E-state index in [9.17, 15) is 9.59 Å². The fraction of sp³-hybridized carbons (Fsp3) is 0.833. The second kappa shape index (κ2) is 4.44. The molecule has 1 saturated carbocycles. The quantitative estimate of drug-likeness (QED) is 0.675. The highest BCUT2D eigenvalue weighted by atomic mass is 16.5. The predicted octanol–water partition coefficient (Wildman–Crippen LogP) is 1.05. The van der Waals surface area contributed by atoms with Gasteiger partial charge in [-0.15, -0.1) is 0 Å². The number of ether oxygens (including phenoxy) is 1. The van der Waals surface area contributed by atoms with E-state index in [2.05, 4.69) is 0 Å². The van der Waals surface area contributed by atoms with Crippen molar-refractivity contribution >= 4 is 11.9 Å². The van der Waals surface area contributed by atoms with Crippen molar-refractivity contribution in [2.75, 3.05) is 20.2 Å². The lowest BCUT2D eigenvalue weighted by molar-refractivity contribution is -0.145. The number of amides is 1. The smallest absolute Gasteiger partial charge is 0.310 e. The average molecular weight is 225 g/mol. The second-order valence-corrected chi connectivity index (χ2v) is 4.92. The molecule has 2 atom stereocenters. The number of likely N-dealkylation sites (tertiary alicyclic amines) is 1. The van der Waals surface area contributed by atoms with Gasteiger partial charge in [-0.25, -0.2) is 0 Å². The standard InChI is InChI=1S/C12H19NO3/c1-8(9-3-4-9)11(14)13-6-5-10(7-13)12(15)16-2/h8-10H,3-7H2,1-2H3. The summed E-state index contributed by atoms with van der Waals surface area (Å²) in [5, 5.41) is 0. The van der Waals surface area contributed by atoms with Gasteiger partial charge in [-0.2, -0.15) is 0 Å². The van der Waals surface area contributed by atoms with Crippen LogP contribution in [-0.4, -0.2) is 37.0 Å². The van der Waals surface area contributed by atoms with Gasteiger partial charge >= 0.3 is 5.97 Å². The van der Waals surface area contributed by atoms with Crippen molar-refractivity contribution in [2.45, 2.75) is 26.2 Å². The van der Waals surface area contributed by atoms with E-state index in [1.54, 1.807) is 0 Å². The molecule has 1 amide bonds. The third-order valence-electron chi connectivity index (χ3n) is 3.75. The van der Waals surface area contributed by atoms with Crippen molar-refractivity contribution in [2.24, 2.45) is 17.8 Å². The first-order chi connectivity index (χ1) is 7.63. The molecule has 0 spiro atoms. The van der Waals surface area contributed by atoms with Crippen LogP contribution in [0.1, 0.15) is 26.2 Å². The number of nitrogens with zero attached hydrogens (tertiary/aromatic N) is 1. The molecule has 2 fully saturated rings. The van der Waals surface area contributed by atoms with E-state index in [-0.39, 0.29) is 23.7 Å². The summed E-state index contributed by atoms with van der Waals surface area (Å²) >= 11 is 0. The van der Waals surface area contributed by atoms with E-state index in [0.29, 0.717) is 19.0 Å². The van der Waals surface area contributed by atoms with Crippen molar-refractivity contribution in [1.29, 1.82) is 0 Å². The second-order valence-electron chi connectivity index (χ2n) is 4.92. The monoisotopic (exact) mass is 225 g/mol. The first-order valence-corrected chi connectivity index (χ1v) is 6.00. The highest BCUT2D eigenvalue weighted by Gasteiger charge is 2.38. The van der Waals surface area contributed by atoms with E-state index < -0.39 is 0 Å². The Labute approximate surface area is 95.9 Å². The zero-order valence-corrected chi connectivity index (χ0v) is 9.94. The van der Waals surface area contributed by atoms with Crippen molar-refractivity contribution in [3.63, 3.8) is 0 Å². The molecule has 4 heteroatoms. The summed E-state index contributed by atoms with van der Waals surface area (Å²) in [4.78, 5) is 25.2. The zero-order chi connectivity index (χ0) is 11.7. The summed E-state index contributed by atoms with van der Waals surface area (Å²) < 4.78 is 4.71. The van der Waals surface area contributed by atoms with Gasteiger partial charge in [0.1, 0.15) is 0 Å². The first-order valence-electron chi connectivity index (χ1n) is 6.00. The molecule has 0 N–H and O–H groups in total. The van der Waals surface area contributed by atoms with Gasteiger partial charge in [0.2, 0.25) is 5.91 Å². The van der Waals surface area contributed by atoms with Crippen LogP contribution in [0.4, 0.5) is 0 Å². The summed E-state index contributed by atoms with van der Waals surface area (Å²) in [5.74, 6) is 0.643. The molecule has 0 bridgehead atoms. The number of carbonyl (C=O) groups is 2. The number of esters is 1. The highest BCUT2D eigenvalue weighted by Crippen LogP contribution is 2.38. The maximum absolute atomic E-state index is 12.1. The molecule has 1 aliphatic carbocycles. The molecule has 4 nitrogen and oxygen atoms in total. The van der Waals surface area contributed by atoms with E-state index in [1.807, 2.05) is 11.8 Å². The normalized spacial score (nSPS) is 26.6. The van der Waals surface area contributed by atoms with Crippen molar-refractivity contribution in [1.82, 2.24) is 4.90 Å². The van der Waals surface area contributed by atoms with Gasteiger partial charge in [0.15, 0.2) is 0 Å². The Morgan fingerprint density at radius 2 is 2.00 bits per heavy atom. The van der Waals surface area contributed by atoms with Crippen LogP contribution >= 0.6 is 0 Å². The Kier molecular flexibility index (Phi) is 3.17. The Morgan fingerprint density at radius 1 is 1.31 bits per heavy atom. The SMILES string of the molecule is COC(=O)C1CCN(C(=O)C(C)C2CC2)C1. The van der Waals surface area contributed by atoms with Crippen molar-refractivity contribution in [3.8, 4) is 0 Å². The Bertz CT molecular complexity index is 299. The molecular weight excluding hydrogens is 206 g/mol. The molecule has 2 aliphatic rings. The molecule has 0 radical (unpaired) electrons. The van der Waals surface area contributed by atoms with E-state index in [0.717, 1.165) is 6.42 Å². The zero-order valence-electron chi connectivity index (χ0n) is 9.94. The molecule has 2 rings (SSSR count). The number of methoxy groups -OCH3 is 1. The molecule has 0 aromatic heterocycles. The van der Waals surface area contributed by atoms with Crippen molar-refractivity contribution < 1.29 is 14.3 Å². The third kappa shape index (κ3) is 2.20. The van der Waals surface area contributed by atoms with Gasteiger partial charge in [-0.1, -0.05) is 6.92 Å². The summed E-state index contributed by atoms with van der Waals surface area (Å²) in [6.07, 6.45) is 3.11. The maximum Gasteiger partial charge on any atom is 0.310 e. The first kappa shape index (κ1) is 11.4. The number of hydrogen-bond acceptors (Lipinski definition) is 3. The van der Waals surface area contributed by atoms with Gasteiger partial charge < -0.3 is 9.64 Å². The van der Waals surface area contributed by atoms with E-state index >= 15 is 0 Å². The Hall–Kier alpha value is -1.06. The van der Waals surface area contributed by atoms with Gasteiger partial charge in [0.25, 0.3) is 0 Å². The van der Waals surface area contributed by atoms with E-state index in [1.165, 1.54) is 20.0 Å². The van der Waals surface area contributed by atoms with Crippen LogP contribution in [0.2, 0.25) is 0 Å². The minimum Gasteiger partial charge on any atom is -0.469 e. The molecule has 90 valence electrons. The third-order valence-corrected chi connectivity index (χ3v) is 3.75. The Morgan fingerprint density at radius 3 is 2.56 bits per heavy atom. The average Bonchev–Trinajstić information content (AvgIpc) is 3.03. The molecule has 1 saturated heterocycles. The summed E-state index contributed by atoms with van der Waals surface area (Å²) in [6, 6.07) is 0. The summed E-state index contributed by atoms with van der Waals surface area (Å²) in [6.45, 7) is 3.25. The lowest BCUT2D eigenvalue weighted by atomic mass is 10.1. The lowest BCUT2D eigenvalue weighted by Crippen LogP contribution is -2.35. The minimum atomic E-state index is -0.186. The van der Waals surface area contributed by atoms with Crippen LogP contribution in [0.5, 0.6) is 0 Å². The van der Waals surface area contributed by atoms with Crippen molar-refractivity contribution in [3.05, 3.63) is 0 Å². The topological polar surface area (TPSA) is 46.6 Å². The highest BCUT2D eigenvalue weighted by molar-refractivity contribution is 5.81. The largest absolute Gasteiger partial charge is 0.469 e. The molecule has 1 heterocycles. The van der Waals surface area contributed by atoms with Crippen LogP contribution in [0.25, 0.3) is 0 Å². The number of carbonyl (C=O) groups excluding carboxylic acids is 2. The lowest BCUT2D eigenvalue weighted by Gasteiger charge is -2.20.